The second-order valence-electron chi connectivity index (χ2n) is 8.15. The van der Waals surface area contributed by atoms with E-state index in [-0.39, 0.29) is 26.1 Å². The van der Waals surface area contributed by atoms with Crippen molar-refractivity contribution in [3.63, 3.8) is 0 Å². The van der Waals surface area contributed by atoms with Crippen molar-refractivity contribution in [2.24, 2.45) is 0 Å². The molecular weight excluding hydrogens is 722 g/mol. The molecule has 0 bridgehead atoms. The van der Waals surface area contributed by atoms with Gasteiger partial charge in [-0.2, -0.15) is 39.5 Å². The number of rotatable bonds is 7. The van der Waals surface area contributed by atoms with E-state index >= 15 is 0 Å². The summed E-state index contributed by atoms with van der Waals surface area (Å²) in [5.74, 6) is -7.39. The van der Waals surface area contributed by atoms with Gasteiger partial charge in [0.25, 0.3) is 5.91 Å². The summed E-state index contributed by atoms with van der Waals surface area (Å²) >= 11 is 11.8. The minimum Gasteiger partial charge on any atom is -0.336 e. The van der Waals surface area contributed by atoms with Crippen LogP contribution in [0.25, 0.3) is 5.83 Å². The molecule has 2 aromatic carbocycles. The molecule has 0 aromatic heterocycles. The molecule has 220 valence electrons. The Morgan fingerprint density at radius 3 is 1.98 bits per heavy atom. The Morgan fingerprint density at radius 2 is 1.50 bits per heavy atom. The summed E-state index contributed by atoms with van der Waals surface area (Å²) in [4.78, 5) is 23.7. The molecule has 0 saturated carbocycles. The molecule has 0 heterocycles. The fourth-order valence-corrected chi connectivity index (χ4v) is 4.62. The summed E-state index contributed by atoms with van der Waals surface area (Å²) in [6.45, 7) is 0.973. The SMILES string of the molecule is C[C@H](NC(=O)CC(F)(F)F)NC(=O)c1ccc(/C(F)=C/C(c2cc(Br)c(Cl)c(Br)c2)C(F)(F)F)cc1C(F)(F)F. The number of hydrogen-bond donors (Lipinski definition) is 2. The van der Waals surface area contributed by atoms with E-state index < -0.39 is 76.9 Å². The second kappa shape index (κ2) is 12.7. The van der Waals surface area contributed by atoms with E-state index in [1.807, 2.05) is 5.32 Å². The van der Waals surface area contributed by atoms with Gasteiger partial charge in [-0.15, -0.1) is 0 Å². The van der Waals surface area contributed by atoms with Crippen molar-refractivity contribution in [3.8, 4) is 0 Å². The Morgan fingerprint density at radius 1 is 0.950 bits per heavy atom. The lowest BCUT2D eigenvalue weighted by atomic mass is 9.95. The Hall–Kier alpha value is -2.33. The van der Waals surface area contributed by atoms with E-state index in [9.17, 15) is 53.5 Å². The third-order valence-corrected chi connectivity index (χ3v) is 7.08. The molecule has 2 aromatic rings. The molecule has 1 unspecified atom stereocenters. The fourth-order valence-electron chi connectivity index (χ4n) is 3.29. The van der Waals surface area contributed by atoms with Crippen molar-refractivity contribution in [1.29, 1.82) is 0 Å². The number of hydrogen-bond acceptors (Lipinski definition) is 2. The van der Waals surface area contributed by atoms with E-state index in [1.54, 1.807) is 5.32 Å². The first-order chi connectivity index (χ1) is 18.1. The van der Waals surface area contributed by atoms with Gasteiger partial charge in [-0.1, -0.05) is 17.7 Å². The third kappa shape index (κ3) is 9.36. The van der Waals surface area contributed by atoms with Crippen LogP contribution >= 0.6 is 43.5 Å². The Balaban J connectivity index is 2.44. The summed E-state index contributed by atoms with van der Waals surface area (Å²) in [7, 11) is 0. The molecule has 0 aliphatic rings. The minimum atomic E-state index is -5.30. The summed E-state index contributed by atoms with van der Waals surface area (Å²) in [5, 5.41) is 3.59. The Bertz CT molecular complexity index is 1290. The predicted octanol–water partition coefficient (Wildman–Crippen LogP) is 8.68. The molecule has 0 fully saturated rings. The standard InChI is InChI=1S/C23H15Br2ClF10N2O2/c1-9(37-18(39)8-21(28,29)30)38-20(40)12-3-2-10(4-14(12)23(34,35)36)17(27)7-13(22(31,32)33)11-5-15(24)19(26)16(25)6-11/h2-7,9,13H,8H2,1H3,(H,37,39)(H,38,40)/b17-7-/t9-,13?/m1/s1. The molecule has 2 N–H and O–H groups in total. The lowest BCUT2D eigenvalue weighted by Gasteiger charge is -2.20. The maximum atomic E-state index is 15.0. The highest BCUT2D eigenvalue weighted by molar-refractivity contribution is 9.11. The number of carbonyl (C=O) groups excluding carboxylic acids is 2. The smallest absolute Gasteiger partial charge is 0.336 e. The van der Waals surface area contributed by atoms with Crippen LogP contribution in [0.2, 0.25) is 5.02 Å². The average Bonchev–Trinajstić information content (AvgIpc) is 2.77. The number of carbonyl (C=O) groups is 2. The first-order valence-corrected chi connectivity index (χ1v) is 12.5. The highest BCUT2D eigenvalue weighted by Gasteiger charge is 2.41. The van der Waals surface area contributed by atoms with Crippen LogP contribution < -0.4 is 10.6 Å². The van der Waals surface area contributed by atoms with Crippen LogP contribution in [0.1, 0.15) is 46.3 Å². The first-order valence-electron chi connectivity index (χ1n) is 10.6. The van der Waals surface area contributed by atoms with Crippen molar-refractivity contribution < 1.29 is 53.5 Å². The first kappa shape index (κ1) is 33.9. The molecule has 40 heavy (non-hydrogen) atoms. The molecule has 2 rings (SSSR count). The number of halogens is 13. The molecule has 0 saturated heterocycles. The lowest BCUT2D eigenvalue weighted by molar-refractivity contribution is -0.154. The van der Waals surface area contributed by atoms with Gasteiger partial charge < -0.3 is 10.6 Å². The van der Waals surface area contributed by atoms with Crippen molar-refractivity contribution >= 4 is 61.1 Å². The maximum absolute atomic E-state index is 15.0. The van der Waals surface area contributed by atoms with Crippen LogP contribution in [0.3, 0.4) is 0 Å². The monoisotopic (exact) mass is 734 g/mol. The van der Waals surface area contributed by atoms with Gasteiger partial charge in [0.05, 0.1) is 22.3 Å². The van der Waals surface area contributed by atoms with E-state index in [0.29, 0.717) is 12.1 Å². The van der Waals surface area contributed by atoms with Gasteiger partial charge in [0.15, 0.2) is 0 Å². The minimum absolute atomic E-state index is 0.0204. The van der Waals surface area contributed by atoms with Crippen molar-refractivity contribution in [2.45, 2.75) is 44.0 Å². The normalized spacial score (nSPS) is 14.5. The van der Waals surface area contributed by atoms with Crippen LogP contribution in [0, 0.1) is 0 Å². The molecule has 0 aliphatic carbocycles. The number of nitrogens with one attached hydrogen (secondary N) is 2. The van der Waals surface area contributed by atoms with Gasteiger partial charge in [0, 0.05) is 14.5 Å². The lowest BCUT2D eigenvalue weighted by Crippen LogP contribution is -2.47. The van der Waals surface area contributed by atoms with E-state index in [2.05, 4.69) is 31.9 Å². The molecule has 17 heteroatoms. The topological polar surface area (TPSA) is 58.2 Å². The van der Waals surface area contributed by atoms with Crippen LogP contribution in [0.5, 0.6) is 0 Å². The number of alkyl halides is 9. The third-order valence-electron chi connectivity index (χ3n) is 4.96. The van der Waals surface area contributed by atoms with Crippen molar-refractivity contribution in [2.75, 3.05) is 0 Å². The van der Waals surface area contributed by atoms with E-state index in [1.165, 1.54) is 0 Å². The van der Waals surface area contributed by atoms with Crippen LogP contribution in [0.4, 0.5) is 43.9 Å². The fraction of sp³-hybridized carbons (Fsp3) is 0.304. The zero-order valence-corrected chi connectivity index (χ0v) is 23.5. The van der Waals surface area contributed by atoms with Crippen molar-refractivity contribution in [3.05, 3.63) is 72.6 Å². The molecule has 2 atom stereocenters. The maximum Gasteiger partial charge on any atom is 0.417 e. The predicted molar refractivity (Wildman–Crippen MR) is 132 cm³/mol. The Labute approximate surface area is 241 Å². The van der Waals surface area contributed by atoms with Gasteiger partial charge in [-0.25, -0.2) is 4.39 Å². The van der Waals surface area contributed by atoms with Crippen LogP contribution in [0.15, 0.2) is 45.4 Å². The molecular formula is C23H15Br2ClF10N2O2. The largest absolute Gasteiger partial charge is 0.417 e. The molecule has 2 amide bonds. The highest BCUT2D eigenvalue weighted by Crippen LogP contribution is 2.43. The van der Waals surface area contributed by atoms with E-state index in [4.69, 9.17) is 11.6 Å². The summed E-state index contributed by atoms with van der Waals surface area (Å²) < 4.78 is 134. The van der Waals surface area contributed by atoms with Gasteiger partial charge in [-0.3, -0.25) is 9.59 Å². The number of allylic oxidation sites excluding steroid dienone is 1. The molecule has 0 aliphatic heterocycles. The zero-order valence-electron chi connectivity index (χ0n) is 19.6. The van der Waals surface area contributed by atoms with Crippen molar-refractivity contribution in [1.82, 2.24) is 10.6 Å². The quantitative estimate of drug-likeness (QED) is 0.170. The van der Waals surface area contributed by atoms with Crippen LogP contribution in [-0.2, 0) is 11.0 Å². The summed E-state index contributed by atoms with van der Waals surface area (Å²) in [6.07, 6.45) is -18.7. The second-order valence-corrected chi connectivity index (χ2v) is 10.2. The number of amides is 2. The molecule has 0 spiro atoms. The van der Waals surface area contributed by atoms with Gasteiger partial charge in [0.2, 0.25) is 5.91 Å². The summed E-state index contributed by atoms with van der Waals surface area (Å²) in [5.41, 5.74) is -4.32. The Kier molecular flexibility index (Phi) is 10.7. The molecule has 4 nitrogen and oxygen atoms in total. The average molecular weight is 737 g/mol. The van der Waals surface area contributed by atoms with Gasteiger partial charge in [0.1, 0.15) is 18.2 Å². The molecule has 0 radical (unpaired) electrons. The highest BCUT2D eigenvalue weighted by atomic mass is 79.9. The summed E-state index contributed by atoms with van der Waals surface area (Å²) in [6, 6.07) is 3.11. The van der Waals surface area contributed by atoms with E-state index in [0.717, 1.165) is 19.1 Å². The van der Waals surface area contributed by atoms with Gasteiger partial charge in [-0.05, 0) is 74.7 Å². The zero-order chi connectivity index (χ0) is 30.8. The van der Waals surface area contributed by atoms with Gasteiger partial charge >= 0.3 is 18.5 Å². The number of benzene rings is 2. The van der Waals surface area contributed by atoms with Crippen LogP contribution in [-0.4, -0.2) is 30.3 Å².